The van der Waals surface area contributed by atoms with Crippen molar-refractivity contribution in [2.45, 2.75) is 58.0 Å². The topological polar surface area (TPSA) is 92.7 Å². The number of rotatable bonds is 4. The minimum atomic E-state index is -0.223. The van der Waals surface area contributed by atoms with E-state index in [1.807, 2.05) is 18.7 Å². The molecule has 1 aromatic rings. The van der Waals surface area contributed by atoms with Crippen molar-refractivity contribution in [3.05, 3.63) is 17.0 Å². The summed E-state index contributed by atoms with van der Waals surface area (Å²) < 4.78 is 5.24. The second-order valence-corrected chi connectivity index (χ2v) is 6.74. The minimum absolute atomic E-state index is 0.0110. The van der Waals surface area contributed by atoms with Crippen LogP contribution in [0, 0.1) is 6.92 Å². The standard InChI is InChI=1S/C17H26N4O3/c1-3-14-15(11(2)19-24-14)17(23)20-9-6-12(7-10-20)21-8-4-5-13(21)16(18)22/h12-13H,3-10H2,1-2H3,(H2,18,22). The highest BCUT2D eigenvalue weighted by Gasteiger charge is 2.37. The van der Waals surface area contributed by atoms with Gasteiger partial charge in [-0.3, -0.25) is 14.5 Å². The molecule has 0 bridgehead atoms. The van der Waals surface area contributed by atoms with Crippen molar-refractivity contribution < 1.29 is 14.1 Å². The van der Waals surface area contributed by atoms with Gasteiger partial charge < -0.3 is 15.2 Å². The molecule has 132 valence electrons. The van der Waals surface area contributed by atoms with Gasteiger partial charge in [0.15, 0.2) is 0 Å². The predicted molar refractivity (Wildman–Crippen MR) is 88.5 cm³/mol. The summed E-state index contributed by atoms with van der Waals surface area (Å²) in [5, 5.41) is 3.93. The van der Waals surface area contributed by atoms with Crippen LogP contribution in [-0.2, 0) is 11.2 Å². The van der Waals surface area contributed by atoms with Crippen LogP contribution in [0.2, 0.25) is 0 Å². The molecule has 3 heterocycles. The Morgan fingerprint density at radius 1 is 1.25 bits per heavy atom. The van der Waals surface area contributed by atoms with E-state index in [1.54, 1.807) is 0 Å². The highest BCUT2D eigenvalue weighted by molar-refractivity contribution is 5.96. The summed E-state index contributed by atoms with van der Waals surface area (Å²) in [5.41, 5.74) is 6.80. The van der Waals surface area contributed by atoms with Crippen LogP contribution in [0.3, 0.4) is 0 Å². The van der Waals surface area contributed by atoms with E-state index >= 15 is 0 Å². The zero-order valence-corrected chi connectivity index (χ0v) is 14.5. The zero-order valence-electron chi connectivity index (χ0n) is 14.5. The number of hydrogen-bond acceptors (Lipinski definition) is 5. The van der Waals surface area contributed by atoms with Gasteiger partial charge >= 0.3 is 0 Å². The molecule has 7 nitrogen and oxygen atoms in total. The fourth-order valence-electron chi connectivity index (χ4n) is 4.02. The largest absolute Gasteiger partial charge is 0.368 e. The molecule has 7 heteroatoms. The van der Waals surface area contributed by atoms with Gasteiger partial charge in [0, 0.05) is 25.6 Å². The van der Waals surface area contributed by atoms with E-state index in [2.05, 4.69) is 10.1 Å². The lowest BCUT2D eigenvalue weighted by atomic mass is 10.0. The van der Waals surface area contributed by atoms with Crippen LogP contribution in [0.5, 0.6) is 0 Å². The maximum absolute atomic E-state index is 12.8. The second kappa shape index (κ2) is 6.93. The molecular formula is C17H26N4O3. The summed E-state index contributed by atoms with van der Waals surface area (Å²) in [5.74, 6) is 0.448. The van der Waals surface area contributed by atoms with E-state index in [-0.39, 0.29) is 17.9 Å². The fraction of sp³-hybridized carbons (Fsp3) is 0.706. The van der Waals surface area contributed by atoms with Crippen molar-refractivity contribution in [2.24, 2.45) is 5.73 Å². The summed E-state index contributed by atoms with van der Waals surface area (Å²) in [7, 11) is 0. The lowest BCUT2D eigenvalue weighted by molar-refractivity contribution is -0.123. The molecule has 0 aliphatic carbocycles. The van der Waals surface area contributed by atoms with E-state index in [4.69, 9.17) is 10.3 Å². The molecule has 0 spiro atoms. The number of aromatic nitrogens is 1. The molecule has 0 aromatic carbocycles. The lowest BCUT2D eigenvalue weighted by Crippen LogP contribution is -2.51. The average Bonchev–Trinajstić information content (AvgIpc) is 3.21. The molecule has 2 N–H and O–H groups in total. The van der Waals surface area contributed by atoms with Crippen molar-refractivity contribution in [3.63, 3.8) is 0 Å². The number of nitrogens with two attached hydrogens (primary N) is 1. The summed E-state index contributed by atoms with van der Waals surface area (Å²) in [6.45, 7) is 6.08. The van der Waals surface area contributed by atoms with Crippen LogP contribution in [0.15, 0.2) is 4.52 Å². The highest BCUT2D eigenvalue weighted by Crippen LogP contribution is 2.27. The van der Waals surface area contributed by atoms with E-state index in [9.17, 15) is 9.59 Å². The van der Waals surface area contributed by atoms with E-state index in [0.717, 1.165) is 32.2 Å². The van der Waals surface area contributed by atoms with E-state index in [1.165, 1.54) is 0 Å². The maximum atomic E-state index is 12.8. The number of hydrogen-bond donors (Lipinski definition) is 1. The zero-order chi connectivity index (χ0) is 17.3. The first kappa shape index (κ1) is 17.0. The Balaban J connectivity index is 1.64. The number of aryl methyl sites for hydroxylation is 2. The molecule has 2 aliphatic rings. The van der Waals surface area contributed by atoms with Gasteiger partial charge in [-0.25, -0.2) is 0 Å². The quantitative estimate of drug-likeness (QED) is 0.890. The van der Waals surface area contributed by atoms with Crippen molar-refractivity contribution in [3.8, 4) is 0 Å². The number of amides is 2. The van der Waals surface area contributed by atoms with Gasteiger partial charge in [-0.2, -0.15) is 0 Å². The molecule has 0 saturated carbocycles. The maximum Gasteiger partial charge on any atom is 0.259 e. The average molecular weight is 334 g/mol. The third-order valence-electron chi connectivity index (χ3n) is 5.31. The summed E-state index contributed by atoms with van der Waals surface area (Å²) in [6, 6.07) is 0.201. The van der Waals surface area contributed by atoms with Crippen LogP contribution >= 0.6 is 0 Å². The Hall–Kier alpha value is -1.89. The first-order chi connectivity index (χ1) is 11.5. The van der Waals surface area contributed by atoms with Crippen molar-refractivity contribution in [1.29, 1.82) is 0 Å². The monoisotopic (exact) mass is 334 g/mol. The van der Waals surface area contributed by atoms with Gasteiger partial charge in [0.1, 0.15) is 11.3 Å². The van der Waals surface area contributed by atoms with E-state index in [0.29, 0.717) is 42.6 Å². The van der Waals surface area contributed by atoms with Crippen molar-refractivity contribution in [2.75, 3.05) is 19.6 Å². The summed E-state index contributed by atoms with van der Waals surface area (Å²) >= 11 is 0. The van der Waals surface area contributed by atoms with Gasteiger partial charge in [0.25, 0.3) is 5.91 Å². The fourth-order valence-corrected chi connectivity index (χ4v) is 4.02. The number of carbonyl (C=O) groups is 2. The normalized spacial score (nSPS) is 22.9. The molecule has 1 atom stereocenters. The lowest BCUT2D eigenvalue weighted by Gasteiger charge is -2.38. The smallest absolute Gasteiger partial charge is 0.259 e. The molecule has 3 rings (SSSR count). The Morgan fingerprint density at radius 2 is 1.96 bits per heavy atom. The molecule has 1 unspecified atom stereocenters. The van der Waals surface area contributed by atoms with Crippen LogP contribution < -0.4 is 5.73 Å². The molecule has 2 saturated heterocycles. The minimum Gasteiger partial charge on any atom is -0.368 e. The summed E-state index contributed by atoms with van der Waals surface area (Å²) in [6.07, 6.45) is 4.29. The third kappa shape index (κ3) is 3.05. The van der Waals surface area contributed by atoms with Crippen molar-refractivity contribution >= 4 is 11.8 Å². The predicted octanol–water partition coefficient (Wildman–Crippen LogP) is 1.10. The molecule has 2 aliphatic heterocycles. The summed E-state index contributed by atoms with van der Waals surface area (Å²) in [4.78, 5) is 28.5. The Kier molecular flexibility index (Phi) is 4.89. The number of piperidine rings is 1. The Morgan fingerprint density at radius 3 is 2.58 bits per heavy atom. The molecule has 2 fully saturated rings. The van der Waals surface area contributed by atoms with Crippen LogP contribution in [0.25, 0.3) is 0 Å². The number of carbonyl (C=O) groups excluding carboxylic acids is 2. The number of primary amides is 1. The van der Waals surface area contributed by atoms with Gasteiger partial charge in [0.2, 0.25) is 5.91 Å². The molecule has 2 amide bonds. The molecule has 24 heavy (non-hydrogen) atoms. The van der Waals surface area contributed by atoms with Gasteiger partial charge in [-0.05, 0) is 39.2 Å². The second-order valence-electron chi connectivity index (χ2n) is 6.74. The Labute approximate surface area is 142 Å². The number of nitrogens with zero attached hydrogens (tertiary/aromatic N) is 3. The van der Waals surface area contributed by atoms with E-state index < -0.39 is 0 Å². The third-order valence-corrected chi connectivity index (χ3v) is 5.31. The highest BCUT2D eigenvalue weighted by atomic mass is 16.5. The Bertz CT molecular complexity index is 619. The first-order valence-electron chi connectivity index (χ1n) is 8.82. The molecule has 0 radical (unpaired) electrons. The molecular weight excluding hydrogens is 308 g/mol. The first-order valence-corrected chi connectivity index (χ1v) is 8.82. The molecule has 1 aromatic heterocycles. The van der Waals surface area contributed by atoms with Gasteiger partial charge in [-0.15, -0.1) is 0 Å². The van der Waals surface area contributed by atoms with Gasteiger partial charge in [0.05, 0.1) is 11.7 Å². The van der Waals surface area contributed by atoms with Gasteiger partial charge in [-0.1, -0.05) is 12.1 Å². The van der Waals surface area contributed by atoms with Crippen LogP contribution in [0.1, 0.15) is 54.4 Å². The number of likely N-dealkylation sites (tertiary alicyclic amines) is 2. The van der Waals surface area contributed by atoms with Crippen molar-refractivity contribution in [1.82, 2.24) is 15.0 Å². The van der Waals surface area contributed by atoms with Crippen LogP contribution in [-0.4, -0.2) is 58.5 Å². The SMILES string of the molecule is CCc1onc(C)c1C(=O)N1CCC(N2CCCC2C(N)=O)CC1. The van der Waals surface area contributed by atoms with Crippen LogP contribution in [0.4, 0.5) is 0 Å².